The van der Waals surface area contributed by atoms with Crippen LogP contribution >= 0.6 is 11.8 Å². The molecular weight excluding hydrogens is 148 g/mol. The number of aliphatic carboxylic acids is 1. The fourth-order valence-electron chi connectivity index (χ4n) is 0.693. The summed E-state index contributed by atoms with van der Waals surface area (Å²) in [5.41, 5.74) is 0. The third-order valence-corrected chi connectivity index (χ3v) is 2.12. The van der Waals surface area contributed by atoms with Crippen LogP contribution in [-0.4, -0.2) is 16.8 Å². The Labute approximate surface area is 63.6 Å². The van der Waals surface area contributed by atoms with Crippen molar-refractivity contribution >= 4 is 17.7 Å². The molecule has 0 saturated carbocycles. The molecule has 1 aliphatic heterocycles. The number of hydrogen-bond donors (Lipinski definition) is 1. The molecule has 0 radical (unpaired) electrons. The molecule has 0 aromatic heterocycles. The Kier molecular flexibility index (Phi) is 2.57. The maximum atomic E-state index is 10.2. The minimum atomic E-state index is -0.756. The van der Waals surface area contributed by atoms with Crippen molar-refractivity contribution in [2.45, 2.75) is 6.42 Å². The molecule has 0 amide bonds. The van der Waals surface area contributed by atoms with Gasteiger partial charge in [-0.2, -0.15) is 0 Å². The largest absolute Gasteiger partial charge is 0.481 e. The van der Waals surface area contributed by atoms with Gasteiger partial charge in [0, 0.05) is 5.75 Å². The average molecular weight is 156 g/mol. The summed E-state index contributed by atoms with van der Waals surface area (Å²) in [6.07, 6.45) is 5.92. The van der Waals surface area contributed by atoms with E-state index in [-0.39, 0.29) is 6.42 Å². The molecule has 1 heterocycles. The Hall–Kier alpha value is -0.700. The topological polar surface area (TPSA) is 37.3 Å². The van der Waals surface area contributed by atoms with E-state index in [0.717, 1.165) is 10.7 Å². The highest BCUT2D eigenvalue weighted by molar-refractivity contribution is 8.03. The summed E-state index contributed by atoms with van der Waals surface area (Å²) in [5, 5.41) is 8.39. The summed E-state index contributed by atoms with van der Waals surface area (Å²) in [4.78, 5) is 11.1. The summed E-state index contributed by atoms with van der Waals surface area (Å²) in [5.74, 6) is 0.146. The Morgan fingerprint density at radius 1 is 1.80 bits per heavy atom. The van der Waals surface area contributed by atoms with Crippen molar-refractivity contribution < 1.29 is 9.90 Å². The third kappa shape index (κ3) is 2.27. The molecule has 2 nitrogen and oxygen atoms in total. The van der Waals surface area contributed by atoms with Crippen molar-refractivity contribution in [3.05, 3.63) is 23.1 Å². The van der Waals surface area contributed by atoms with Crippen molar-refractivity contribution in [1.82, 2.24) is 0 Å². The Morgan fingerprint density at radius 3 is 3.10 bits per heavy atom. The van der Waals surface area contributed by atoms with Gasteiger partial charge in [-0.05, 0) is 4.91 Å². The van der Waals surface area contributed by atoms with Gasteiger partial charge >= 0.3 is 5.97 Å². The third-order valence-electron chi connectivity index (χ3n) is 1.11. The Bertz CT molecular complexity index is 194. The second-order valence-electron chi connectivity index (χ2n) is 1.94. The monoisotopic (exact) mass is 156 g/mol. The van der Waals surface area contributed by atoms with Gasteiger partial charge < -0.3 is 5.11 Å². The van der Waals surface area contributed by atoms with Gasteiger partial charge in [0.25, 0.3) is 0 Å². The zero-order valence-electron chi connectivity index (χ0n) is 5.41. The molecule has 0 aromatic carbocycles. The second kappa shape index (κ2) is 3.46. The van der Waals surface area contributed by atoms with Crippen molar-refractivity contribution in [2.75, 3.05) is 5.75 Å². The van der Waals surface area contributed by atoms with Gasteiger partial charge in [-0.25, -0.2) is 0 Å². The first kappa shape index (κ1) is 7.41. The van der Waals surface area contributed by atoms with Crippen LogP contribution in [0.1, 0.15) is 6.42 Å². The van der Waals surface area contributed by atoms with E-state index >= 15 is 0 Å². The average Bonchev–Trinajstić information content (AvgIpc) is 1.88. The molecule has 0 unspecified atom stereocenters. The van der Waals surface area contributed by atoms with Gasteiger partial charge in [-0.15, -0.1) is 11.8 Å². The number of carbonyl (C=O) groups is 1. The van der Waals surface area contributed by atoms with E-state index in [2.05, 4.69) is 0 Å². The van der Waals surface area contributed by atoms with Gasteiger partial charge in [0.05, 0.1) is 6.42 Å². The molecule has 3 heteroatoms. The molecule has 0 atom stereocenters. The molecule has 1 N–H and O–H groups in total. The molecule has 54 valence electrons. The molecule has 0 aromatic rings. The molecule has 0 fully saturated rings. The van der Waals surface area contributed by atoms with Gasteiger partial charge in [0.15, 0.2) is 0 Å². The number of hydrogen-bond acceptors (Lipinski definition) is 2. The van der Waals surface area contributed by atoms with E-state index < -0.39 is 5.97 Å². The molecule has 1 rings (SSSR count). The molecule has 0 saturated heterocycles. The fraction of sp³-hybridized carbons (Fsp3) is 0.286. The first-order valence-electron chi connectivity index (χ1n) is 2.99. The van der Waals surface area contributed by atoms with Crippen LogP contribution in [0.4, 0.5) is 0 Å². The van der Waals surface area contributed by atoms with Gasteiger partial charge in [-0.3, -0.25) is 4.79 Å². The highest BCUT2D eigenvalue weighted by Crippen LogP contribution is 2.22. The molecule has 10 heavy (non-hydrogen) atoms. The minimum absolute atomic E-state index is 0.162. The zero-order chi connectivity index (χ0) is 7.40. The number of allylic oxidation sites excluding steroid dienone is 2. The second-order valence-corrected chi connectivity index (χ2v) is 3.09. The van der Waals surface area contributed by atoms with Crippen LogP contribution in [0.15, 0.2) is 23.1 Å². The van der Waals surface area contributed by atoms with Crippen LogP contribution in [0.5, 0.6) is 0 Å². The first-order chi connectivity index (χ1) is 4.79. The van der Waals surface area contributed by atoms with Crippen molar-refractivity contribution in [3.63, 3.8) is 0 Å². The maximum Gasteiger partial charge on any atom is 0.308 e. The fourth-order valence-corrected chi connectivity index (χ4v) is 1.51. The molecule has 0 spiro atoms. The standard InChI is InChI=1S/C7H8O2S/c8-7(9)5-6-3-1-2-4-10-6/h1-3H,4-5H2,(H,8,9). The lowest BCUT2D eigenvalue weighted by Crippen LogP contribution is -1.96. The summed E-state index contributed by atoms with van der Waals surface area (Å²) in [6.45, 7) is 0. The number of thioether (sulfide) groups is 1. The summed E-state index contributed by atoms with van der Waals surface area (Å²) >= 11 is 1.58. The van der Waals surface area contributed by atoms with E-state index in [0.29, 0.717) is 0 Å². The predicted molar refractivity (Wildman–Crippen MR) is 41.9 cm³/mol. The summed E-state index contributed by atoms with van der Waals surface area (Å²) in [7, 11) is 0. The highest BCUT2D eigenvalue weighted by Gasteiger charge is 2.04. The molecule has 1 aliphatic rings. The number of rotatable bonds is 2. The molecule has 0 bridgehead atoms. The van der Waals surface area contributed by atoms with Gasteiger partial charge in [-0.1, -0.05) is 18.2 Å². The first-order valence-corrected chi connectivity index (χ1v) is 3.98. The van der Waals surface area contributed by atoms with Crippen molar-refractivity contribution in [1.29, 1.82) is 0 Å². The smallest absolute Gasteiger partial charge is 0.308 e. The van der Waals surface area contributed by atoms with Crippen LogP contribution in [0.2, 0.25) is 0 Å². The van der Waals surface area contributed by atoms with Gasteiger partial charge in [0.2, 0.25) is 0 Å². The van der Waals surface area contributed by atoms with E-state index in [9.17, 15) is 4.79 Å². The molecule has 0 aliphatic carbocycles. The summed E-state index contributed by atoms with van der Waals surface area (Å²) < 4.78 is 0. The Balaban J connectivity index is 2.47. The quantitative estimate of drug-likeness (QED) is 0.660. The normalized spacial score (nSPS) is 16.6. The Morgan fingerprint density at radius 2 is 2.60 bits per heavy atom. The van der Waals surface area contributed by atoms with Crippen LogP contribution < -0.4 is 0 Å². The van der Waals surface area contributed by atoms with Crippen LogP contribution in [-0.2, 0) is 4.79 Å². The van der Waals surface area contributed by atoms with E-state index in [1.54, 1.807) is 11.8 Å². The van der Waals surface area contributed by atoms with Gasteiger partial charge in [0.1, 0.15) is 0 Å². The minimum Gasteiger partial charge on any atom is -0.481 e. The lowest BCUT2D eigenvalue weighted by molar-refractivity contribution is -0.136. The van der Waals surface area contributed by atoms with E-state index in [1.807, 2.05) is 18.2 Å². The number of carboxylic acids is 1. The molecular formula is C7H8O2S. The predicted octanol–water partition coefficient (Wildman–Crippen LogP) is 1.65. The lowest BCUT2D eigenvalue weighted by Gasteiger charge is -2.03. The SMILES string of the molecule is O=C(O)CC1=CC=CCS1. The van der Waals surface area contributed by atoms with E-state index in [4.69, 9.17) is 5.11 Å². The highest BCUT2D eigenvalue weighted by atomic mass is 32.2. The van der Waals surface area contributed by atoms with Crippen molar-refractivity contribution in [2.24, 2.45) is 0 Å². The van der Waals surface area contributed by atoms with Crippen LogP contribution in [0.3, 0.4) is 0 Å². The van der Waals surface area contributed by atoms with Crippen molar-refractivity contribution in [3.8, 4) is 0 Å². The van der Waals surface area contributed by atoms with E-state index in [1.165, 1.54) is 0 Å². The zero-order valence-corrected chi connectivity index (χ0v) is 6.23. The van der Waals surface area contributed by atoms with Crippen LogP contribution in [0.25, 0.3) is 0 Å². The number of carboxylic acid groups (broad SMARTS) is 1. The van der Waals surface area contributed by atoms with Crippen LogP contribution in [0, 0.1) is 0 Å². The lowest BCUT2D eigenvalue weighted by atomic mass is 10.3. The maximum absolute atomic E-state index is 10.2. The summed E-state index contributed by atoms with van der Waals surface area (Å²) in [6, 6.07) is 0.